The molecule has 1 unspecified atom stereocenters. The number of nitrogens with zero attached hydrogens (tertiary/aromatic N) is 4. The van der Waals surface area contributed by atoms with Gasteiger partial charge in [-0.3, -0.25) is 4.79 Å². The lowest BCUT2D eigenvalue weighted by Gasteiger charge is -2.20. The Bertz CT molecular complexity index is 657. The molecular formula is C13H14Cl2N4O2. The van der Waals surface area contributed by atoms with Gasteiger partial charge < -0.3 is 5.11 Å². The van der Waals surface area contributed by atoms with E-state index in [1.165, 1.54) is 4.68 Å². The zero-order valence-corrected chi connectivity index (χ0v) is 13.0. The number of tetrazole rings is 1. The average molecular weight is 329 g/mol. The Hall–Kier alpha value is -1.66. The van der Waals surface area contributed by atoms with Crippen molar-refractivity contribution >= 4 is 29.2 Å². The van der Waals surface area contributed by atoms with Crippen LogP contribution in [0, 0.1) is 5.92 Å². The zero-order valence-electron chi connectivity index (χ0n) is 11.5. The second-order valence-corrected chi connectivity index (χ2v) is 5.82. The summed E-state index contributed by atoms with van der Waals surface area (Å²) in [6.07, 6.45) is -0.0685. The van der Waals surface area contributed by atoms with E-state index in [9.17, 15) is 4.79 Å². The van der Waals surface area contributed by atoms with Gasteiger partial charge in [0.25, 0.3) is 0 Å². The Balaban J connectivity index is 2.48. The molecule has 112 valence electrons. The first-order valence-electron chi connectivity index (χ1n) is 6.35. The fourth-order valence-corrected chi connectivity index (χ4v) is 2.54. The van der Waals surface area contributed by atoms with E-state index >= 15 is 0 Å². The summed E-state index contributed by atoms with van der Waals surface area (Å²) in [7, 11) is 0. The molecule has 1 aromatic heterocycles. The van der Waals surface area contributed by atoms with Crippen molar-refractivity contribution in [2.45, 2.75) is 26.3 Å². The maximum absolute atomic E-state index is 11.0. The first-order chi connectivity index (χ1) is 9.90. The van der Waals surface area contributed by atoms with Gasteiger partial charge in [-0.25, -0.2) is 4.68 Å². The second-order valence-electron chi connectivity index (χ2n) is 4.98. The average Bonchev–Trinajstić information content (AvgIpc) is 2.84. The van der Waals surface area contributed by atoms with Crippen LogP contribution in [0.4, 0.5) is 0 Å². The highest BCUT2D eigenvalue weighted by molar-refractivity contribution is 6.36. The molecule has 0 aliphatic rings. The number of halogens is 2. The van der Waals surface area contributed by atoms with E-state index in [-0.39, 0.29) is 18.4 Å². The fourth-order valence-electron chi connectivity index (χ4n) is 2.05. The molecule has 0 bridgehead atoms. The van der Waals surface area contributed by atoms with Crippen molar-refractivity contribution in [2.24, 2.45) is 5.92 Å². The summed E-state index contributed by atoms with van der Waals surface area (Å²) in [6, 6.07) is 4.63. The van der Waals surface area contributed by atoms with Gasteiger partial charge in [-0.1, -0.05) is 37.0 Å². The predicted molar refractivity (Wildman–Crippen MR) is 79.4 cm³/mol. The molecule has 6 nitrogen and oxygen atoms in total. The van der Waals surface area contributed by atoms with Crippen LogP contribution in [0.25, 0.3) is 11.4 Å². The molecule has 21 heavy (non-hydrogen) atoms. The molecule has 1 aromatic carbocycles. The topological polar surface area (TPSA) is 80.9 Å². The van der Waals surface area contributed by atoms with E-state index < -0.39 is 5.97 Å². The molecule has 2 aromatic rings. The van der Waals surface area contributed by atoms with Gasteiger partial charge in [-0.05, 0) is 34.5 Å². The molecule has 1 atom stereocenters. The lowest BCUT2D eigenvalue weighted by Crippen LogP contribution is -2.21. The van der Waals surface area contributed by atoms with Crippen LogP contribution in [0.5, 0.6) is 0 Å². The van der Waals surface area contributed by atoms with Crippen molar-refractivity contribution in [3.05, 3.63) is 28.2 Å². The number of hydrogen-bond acceptors (Lipinski definition) is 4. The standard InChI is InChI=1S/C13H14Cl2N4O2/c1-7(2)11(6-12(20)21)19-13(16-17-18-19)9-4-3-8(14)5-10(9)15/h3-5,7,11H,6H2,1-2H3,(H,20,21). The SMILES string of the molecule is CC(C)C(CC(=O)O)n1nnnc1-c1ccc(Cl)cc1Cl. The molecule has 1 N–H and O–H groups in total. The minimum Gasteiger partial charge on any atom is -0.481 e. The normalized spacial score (nSPS) is 12.6. The third-order valence-electron chi connectivity index (χ3n) is 3.13. The number of carboxylic acids is 1. The summed E-state index contributed by atoms with van der Waals surface area (Å²) >= 11 is 12.1. The second kappa shape index (κ2) is 6.41. The van der Waals surface area contributed by atoms with Crippen LogP contribution in [-0.2, 0) is 4.79 Å². The number of aromatic nitrogens is 4. The monoisotopic (exact) mass is 328 g/mol. The van der Waals surface area contributed by atoms with Gasteiger partial charge in [0, 0.05) is 10.6 Å². The Labute approximate surface area is 131 Å². The summed E-state index contributed by atoms with van der Waals surface area (Å²) in [5, 5.41) is 21.5. The van der Waals surface area contributed by atoms with Crippen molar-refractivity contribution in [3.8, 4) is 11.4 Å². The molecule has 1 heterocycles. The summed E-state index contributed by atoms with van der Waals surface area (Å²) in [5.74, 6) is -0.427. The largest absolute Gasteiger partial charge is 0.481 e. The van der Waals surface area contributed by atoms with Crippen molar-refractivity contribution in [1.29, 1.82) is 0 Å². The highest BCUT2D eigenvalue weighted by Gasteiger charge is 2.25. The number of carboxylic acid groups (broad SMARTS) is 1. The van der Waals surface area contributed by atoms with Crippen molar-refractivity contribution < 1.29 is 9.90 Å². The van der Waals surface area contributed by atoms with Crippen molar-refractivity contribution in [2.75, 3.05) is 0 Å². The number of hydrogen-bond donors (Lipinski definition) is 1. The molecule has 0 spiro atoms. The van der Waals surface area contributed by atoms with Gasteiger partial charge in [-0.15, -0.1) is 5.10 Å². The molecule has 0 saturated heterocycles. The van der Waals surface area contributed by atoms with Gasteiger partial charge >= 0.3 is 5.97 Å². The van der Waals surface area contributed by atoms with Crippen molar-refractivity contribution in [3.63, 3.8) is 0 Å². The van der Waals surface area contributed by atoms with Gasteiger partial charge in [0.1, 0.15) is 0 Å². The summed E-state index contributed by atoms with van der Waals surface area (Å²) < 4.78 is 1.51. The third kappa shape index (κ3) is 3.51. The highest BCUT2D eigenvalue weighted by atomic mass is 35.5. The lowest BCUT2D eigenvalue weighted by molar-refractivity contribution is -0.138. The number of carbonyl (C=O) groups is 1. The van der Waals surface area contributed by atoms with Crippen LogP contribution < -0.4 is 0 Å². The van der Waals surface area contributed by atoms with Gasteiger partial charge in [-0.2, -0.15) is 0 Å². The molecular weight excluding hydrogens is 315 g/mol. The van der Waals surface area contributed by atoms with Crippen LogP contribution in [0.3, 0.4) is 0 Å². The minimum absolute atomic E-state index is 0.0504. The van der Waals surface area contributed by atoms with E-state index in [0.717, 1.165) is 0 Å². The maximum Gasteiger partial charge on any atom is 0.305 e. The maximum atomic E-state index is 11.0. The van der Waals surface area contributed by atoms with E-state index in [1.54, 1.807) is 18.2 Å². The van der Waals surface area contributed by atoms with Crippen LogP contribution in [0.1, 0.15) is 26.3 Å². The van der Waals surface area contributed by atoms with E-state index in [0.29, 0.717) is 21.4 Å². The van der Waals surface area contributed by atoms with Crippen molar-refractivity contribution in [1.82, 2.24) is 20.2 Å². The molecule has 0 saturated carbocycles. The number of benzene rings is 1. The summed E-state index contributed by atoms with van der Waals surface area (Å²) in [6.45, 7) is 3.84. The molecule has 0 radical (unpaired) electrons. The molecule has 0 aliphatic heterocycles. The predicted octanol–water partition coefficient (Wildman–Crippen LogP) is 3.32. The molecule has 0 aliphatic carbocycles. The molecule has 2 rings (SSSR count). The Morgan fingerprint density at radius 3 is 2.67 bits per heavy atom. The Morgan fingerprint density at radius 1 is 1.38 bits per heavy atom. The Morgan fingerprint density at radius 2 is 2.10 bits per heavy atom. The van der Waals surface area contributed by atoms with Gasteiger partial charge in [0.15, 0.2) is 5.82 Å². The smallest absolute Gasteiger partial charge is 0.305 e. The lowest BCUT2D eigenvalue weighted by atomic mass is 10.0. The molecule has 8 heteroatoms. The first-order valence-corrected chi connectivity index (χ1v) is 7.10. The van der Waals surface area contributed by atoms with Gasteiger partial charge in [0.2, 0.25) is 0 Å². The molecule has 0 amide bonds. The van der Waals surface area contributed by atoms with Crippen LogP contribution in [-0.4, -0.2) is 31.3 Å². The number of rotatable bonds is 5. The minimum atomic E-state index is -0.905. The third-order valence-corrected chi connectivity index (χ3v) is 3.68. The summed E-state index contributed by atoms with van der Waals surface area (Å²) in [4.78, 5) is 11.0. The highest BCUT2D eigenvalue weighted by Crippen LogP contribution is 2.32. The quantitative estimate of drug-likeness (QED) is 0.910. The fraction of sp³-hybridized carbons (Fsp3) is 0.385. The number of aliphatic carboxylic acids is 1. The molecule has 0 fully saturated rings. The van der Waals surface area contributed by atoms with Crippen LogP contribution in [0.2, 0.25) is 10.0 Å². The van der Waals surface area contributed by atoms with E-state index in [1.807, 2.05) is 13.8 Å². The van der Waals surface area contributed by atoms with Crippen LogP contribution in [0.15, 0.2) is 18.2 Å². The van der Waals surface area contributed by atoms with Gasteiger partial charge in [0.05, 0.1) is 17.5 Å². The van der Waals surface area contributed by atoms with Crippen LogP contribution >= 0.6 is 23.2 Å². The first kappa shape index (κ1) is 15.7. The Kier molecular flexibility index (Phi) is 4.80. The van der Waals surface area contributed by atoms with E-state index in [4.69, 9.17) is 28.3 Å². The zero-order chi connectivity index (χ0) is 15.6. The van der Waals surface area contributed by atoms with E-state index in [2.05, 4.69) is 15.5 Å². The summed E-state index contributed by atoms with van der Waals surface area (Å²) in [5.41, 5.74) is 0.613.